The van der Waals surface area contributed by atoms with Crippen LogP contribution in [0.25, 0.3) is 0 Å². The van der Waals surface area contributed by atoms with Crippen molar-refractivity contribution in [3.05, 3.63) is 45.5 Å². The van der Waals surface area contributed by atoms with E-state index in [1.807, 2.05) is 6.26 Å². The van der Waals surface area contributed by atoms with Gasteiger partial charge in [-0.05, 0) is 68.7 Å². The Balaban J connectivity index is 1.83. The highest BCUT2D eigenvalue weighted by Crippen LogP contribution is 2.21. The van der Waals surface area contributed by atoms with Crippen LogP contribution in [0.5, 0.6) is 0 Å². The number of allylic oxidation sites excluding steroid dienone is 1. The maximum atomic E-state index is 12.5. The van der Waals surface area contributed by atoms with Crippen LogP contribution >= 0.6 is 35.0 Å². The normalized spacial score (nSPS) is 14.4. The van der Waals surface area contributed by atoms with Gasteiger partial charge in [-0.2, -0.15) is 11.8 Å². The van der Waals surface area contributed by atoms with E-state index in [1.165, 1.54) is 42.3 Å². The second-order valence-electron chi connectivity index (χ2n) is 7.25. The highest BCUT2D eigenvalue weighted by molar-refractivity contribution is 7.98. The Morgan fingerprint density at radius 2 is 2.03 bits per heavy atom. The van der Waals surface area contributed by atoms with Crippen molar-refractivity contribution in [3.8, 4) is 0 Å². The van der Waals surface area contributed by atoms with Gasteiger partial charge in [0.2, 0.25) is 0 Å². The Hall–Kier alpha value is -1.70. The number of benzene rings is 1. The molecule has 1 atom stereocenters. The first kappa shape index (κ1) is 25.6. The van der Waals surface area contributed by atoms with Gasteiger partial charge in [-0.25, -0.2) is 4.79 Å². The fourth-order valence-corrected chi connectivity index (χ4v) is 4.14. The van der Waals surface area contributed by atoms with Gasteiger partial charge in [-0.1, -0.05) is 34.9 Å². The van der Waals surface area contributed by atoms with Crippen molar-refractivity contribution in [1.82, 2.24) is 10.6 Å². The SMILES string of the molecule is CSCCC(NC(=O)c1ccc(Cl)cc1Cl)C(=O)OCC(=O)NCCC1=CCCCC1. The predicted molar refractivity (Wildman–Crippen MR) is 126 cm³/mol. The minimum absolute atomic E-state index is 0.189. The highest BCUT2D eigenvalue weighted by atomic mass is 35.5. The highest BCUT2D eigenvalue weighted by Gasteiger charge is 2.24. The Kier molecular flexibility index (Phi) is 11.3. The minimum Gasteiger partial charge on any atom is -0.454 e. The van der Waals surface area contributed by atoms with Crippen LogP contribution in [-0.2, 0) is 14.3 Å². The zero-order valence-electron chi connectivity index (χ0n) is 17.5. The molecule has 0 saturated carbocycles. The molecule has 0 saturated heterocycles. The molecule has 0 bridgehead atoms. The number of carbonyl (C=O) groups is 3. The molecule has 0 aromatic heterocycles. The first-order valence-electron chi connectivity index (χ1n) is 10.3. The number of hydrogen-bond donors (Lipinski definition) is 2. The van der Waals surface area contributed by atoms with Gasteiger partial charge in [0, 0.05) is 11.6 Å². The molecule has 31 heavy (non-hydrogen) atoms. The van der Waals surface area contributed by atoms with Crippen molar-refractivity contribution >= 4 is 52.7 Å². The van der Waals surface area contributed by atoms with Crippen LogP contribution < -0.4 is 10.6 Å². The van der Waals surface area contributed by atoms with Gasteiger partial charge >= 0.3 is 5.97 Å². The lowest BCUT2D eigenvalue weighted by Crippen LogP contribution is -2.43. The second-order valence-corrected chi connectivity index (χ2v) is 9.08. The largest absolute Gasteiger partial charge is 0.454 e. The number of carbonyl (C=O) groups excluding carboxylic acids is 3. The monoisotopic (exact) mass is 486 g/mol. The van der Waals surface area contributed by atoms with Crippen molar-refractivity contribution in [2.45, 2.75) is 44.6 Å². The first-order valence-corrected chi connectivity index (χ1v) is 12.4. The van der Waals surface area contributed by atoms with Gasteiger partial charge in [-0.15, -0.1) is 0 Å². The van der Waals surface area contributed by atoms with E-state index in [0.29, 0.717) is 23.7 Å². The van der Waals surface area contributed by atoms with Crippen molar-refractivity contribution < 1.29 is 19.1 Å². The Bertz CT molecular complexity index is 817. The number of thioether (sulfide) groups is 1. The number of ether oxygens (including phenoxy) is 1. The molecule has 1 aromatic carbocycles. The zero-order chi connectivity index (χ0) is 22.6. The van der Waals surface area contributed by atoms with Gasteiger partial charge in [0.05, 0.1) is 10.6 Å². The summed E-state index contributed by atoms with van der Waals surface area (Å²) in [6, 6.07) is 3.62. The first-order chi connectivity index (χ1) is 14.9. The van der Waals surface area contributed by atoms with E-state index in [1.54, 1.807) is 6.07 Å². The third kappa shape index (κ3) is 9.13. The van der Waals surface area contributed by atoms with Crippen LogP contribution in [0.4, 0.5) is 0 Å². The summed E-state index contributed by atoms with van der Waals surface area (Å²) in [6.45, 7) is 0.134. The number of amides is 2. The molecule has 6 nitrogen and oxygen atoms in total. The van der Waals surface area contributed by atoms with Gasteiger partial charge in [0.15, 0.2) is 6.61 Å². The lowest BCUT2D eigenvalue weighted by Gasteiger charge is -2.18. The summed E-state index contributed by atoms with van der Waals surface area (Å²) in [4.78, 5) is 37.1. The quantitative estimate of drug-likeness (QED) is 0.357. The van der Waals surface area contributed by atoms with Crippen LogP contribution in [0.1, 0.15) is 48.9 Å². The molecule has 0 fully saturated rings. The van der Waals surface area contributed by atoms with E-state index in [-0.39, 0.29) is 23.1 Å². The number of nitrogens with one attached hydrogen (secondary N) is 2. The summed E-state index contributed by atoms with van der Waals surface area (Å²) in [5.41, 5.74) is 1.58. The van der Waals surface area contributed by atoms with Crippen LogP contribution in [-0.4, -0.2) is 49.0 Å². The van der Waals surface area contributed by atoms with Crippen molar-refractivity contribution in [2.24, 2.45) is 0 Å². The Morgan fingerprint density at radius 3 is 2.71 bits per heavy atom. The summed E-state index contributed by atoms with van der Waals surface area (Å²) >= 11 is 13.5. The number of rotatable bonds is 11. The fraction of sp³-hybridized carbons (Fsp3) is 0.500. The lowest BCUT2D eigenvalue weighted by molar-refractivity contribution is -0.150. The minimum atomic E-state index is -0.883. The van der Waals surface area contributed by atoms with Crippen LogP contribution in [0.3, 0.4) is 0 Å². The van der Waals surface area contributed by atoms with E-state index in [0.717, 1.165) is 19.3 Å². The molecule has 0 heterocycles. The van der Waals surface area contributed by atoms with Crippen molar-refractivity contribution in [1.29, 1.82) is 0 Å². The van der Waals surface area contributed by atoms with Gasteiger partial charge in [0.1, 0.15) is 6.04 Å². The van der Waals surface area contributed by atoms with Crippen molar-refractivity contribution in [3.63, 3.8) is 0 Å². The van der Waals surface area contributed by atoms with E-state index in [4.69, 9.17) is 27.9 Å². The topological polar surface area (TPSA) is 84.5 Å². The average Bonchev–Trinajstić information content (AvgIpc) is 2.75. The number of hydrogen-bond acceptors (Lipinski definition) is 5. The smallest absolute Gasteiger partial charge is 0.329 e. The molecular formula is C22H28Cl2N2O4S. The molecule has 2 N–H and O–H groups in total. The summed E-state index contributed by atoms with van der Waals surface area (Å²) in [5, 5.41) is 6.01. The zero-order valence-corrected chi connectivity index (χ0v) is 19.9. The molecule has 1 unspecified atom stereocenters. The third-order valence-corrected chi connectivity index (χ3v) is 6.07. The molecule has 1 aliphatic carbocycles. The number of halogens is 2. The molecule has 9 heteroatoms. The Labute approximate surface area is 197 Å². The third-order valence-electron chi connectivity index (χ3n) is 4.88. The summed E-state index contributed by atoms with van der Waals surface area (Å²) in [7, 11) is 0. The Morgan fingerprint density at radius 1 is 1.23 bits per heavy atom. The van der Waals surface area contributed by atoms with Crippen LogP contribution in [0.15, 0.2) is 29.8 Å². The summed E-state index contributed by atoms with van der Waals surface area (Å²) < 4.78 is 5.15. The maximum absolute atomic E-state index is 12.5. The molecule has 1 aromatic rings. The van der Waals surface area contributed by atoms with Gasteiger partial charge in [-0.3, -0.25) is 9.59 Å². The molecule has 170 valence electrons. The predicted octanol–water partition coefficient (Wildman–Crippen LogP) is 4.39. The maximum Gasteiger partial charge on any atom is 0.329 e. The van der Waals surface area contributed by atoms with Crippen LogP contribution in [0.2, 0.25) is 10.0 Å². The lowest BCUT2D eigenvalue weighted by atomic mass is 9.97. The van der Waals surface area contributed by atoms with E-state index >= 15 is 0 Å². The molecule has 0 radical (unpaired) electrons. The average molecular weight is 487 g/mol. The molecule has 0 aliphatic heterocycles. The van der Waals surface area contributed by atoms with Crippen molar-refractivity contribution in [2.75, 3.05) is 25.2 Å². The molecule has 1 aliphatic rings. The molecular weight excluding hydrogens is 459 g/mol. The van der Waals surface area contributed by atoms with E-state index in [9.17, 15) is 14.4 Å². The van der Waals surface area contributed by atoms with Gasteiger partial charge < -0.3 is 15.4 Å². The second kappa shape index (κ2) is 13.7. The summed E-state index contributed by atoms with van der Waals surface area (Å²) in [6.07, 6.45) is 9.93. The molecule has 2 rings (SSSR count). The summed E-state index contributed by atoms with van der Waals surface area (Å²) in [5.74, 6) is -0.886. The molecule has 0 spiro atoms. The molecule has 2 amide bonds. The number of esters is 1. The standard InChI is InChI=1S/C22H28Cl2N2O4S/c1-31-12-10-19(26-21(28)17-8-7-16(23)13-18(17)24)22(29)30-14-20(27)25-11-9-15-5-3-2-4-6-15/h5,7-8,13,19H,2-4,6,9-12,14H2,1H3,(H,25,27)(H,26,28). The van der Waals surface area contributed by atoms with E-state index in [2.05, 4.69) is 16.7 Å². The van der Waals surface area contributed by atoms with Gasteiger partial charge in [0.25, 0.3) is 11.8 Å². The fourth-order valence-electron chi connectivity index (χ4n) is 3.18. The van der Waals surface area contributed by atoms with Crippen LogP contribution in [0, 0.1) is 0 Å². The van der Waals surface area contributed by atoms with E-state index < -0.39 is 17.9 Å².